The van der Waals surface area contributed by atoms with Crippen molar-refractivity contribution in [3.63, 3.8) is 0 Å². The van der Waals surface area contributed by atoms with Crippen molar-refractivity contribution >= 4 is 11.8 Å². The number of alkyl halides is 1. The molecule has 5 heteroatoms. The molecule has 2 N–H and O–H groups in total. The number of rotatable bonds is 8. The molecule has 0 rings (SSSR count). The summed E-state index contributed by atoms with van der Waals surface area (Å²) >= 11 is 0. The molecular formula is C13H21FN2O2. The molecule has 1 unspecified atom stereocenters. The lowest BCUT2D eigenvalue weighted by Crippen LogP contribution is -2.41. The maximum atomic E-state index is 12.9. The zero-order valence-electron chi connectivity index (χ0n) is 11.0. The minimum Gasteiger partial charge on any atom is -0.355 e. The second kappa shape index (κ2) is 8.51. The lowest BCUT2D eigenvalue weighted by Gasteiger charge is -2.24. The Morgan fingerprint density at radius 1 is 1.39 bits per heavy atom. The molecule has 0 heterocycles. The maximum absolute atomic E-state index is 12.9. The second-order valence-electron chi connectivity index (χ2n) is 4.43. The van der Waals surface area contributed by atoms with Gasteiger partial charge in [0.05, 0.1) is 12.0 Å². The highest BCUT2D eigenvalue weighted by atomic mass is 19.1. The van der Waals surface area contributed by atoms with Gasteiger partial charge in [-0.15, -0.1) is 6.42 Å². The fourth-order valence-electron chi connectivity index (χ4n) is 1.53. The van der Waals surface area contributed by atoms with Crippen LogP contribution in [0.3, 0.4) is 0 Å². The molecule has 0 aliphatic carbocycles. The topological polar surface area (TPSA) is 58.2 Å². The summed E-state index contributed by atoms with van der Waals surface area (Å²) in [4.78, 5) is 23.0. The summed E-state index contributed by atoms with van der Waals surface area (Å²) < 4.78 is 12.9. The van der Waals surface area contributed by atoms with Crippen LogP contribution in [0.2, 0.25) is 0 Å². The average Bonchev–Trinajstić information content (AvgIpc) is 2.36. The van der Waals surface area contributed by atoms with Gasteiger partial charge < -0.3 is 10.6 Å². The smallest absolute Gasteiger partial charge is 0.228 e. The van der Waals surface area contributed by atoms with Crippen molar-refractivity contribution in [3.05, 3.63) is 0 Å². The number of carbonyl (C=O) groups excluding carboxylic acids is 2. The highest BCUT2D eigenvalue weighted by molar-refractivity contribution is 5.83. The van der Waals surface area contributed by atoms with E-state index in [-0.39, 0.29) is 31.3 Å². The summed E-state index contributed by atoms with van der Waals surface area (Å²) in [7, 11) is 0. The summed E-state index contributed by atoms with van der Waals surface area (Å²) in [5, 5.41) is 5.06. The van der Waals surface area contributed by atoms with Gasteiger partial charge in [0, 0.05) is 13.0 Å². The Bertz CT molecular complexity index is 325. The molecule has 0 spiro atoms. The fraction of sp³-hybridized carbons (Fsp3) is 0.692. The molecule has 4 nitrogen and oxygen atoms in total. The predicted octanol–water partition coefficient (Wildman–Crippen LogP) is 1.02. The maximum Gasteiger partial charge on any atom is 0.228 e. The Morgan fingerprint density at radius 3 is 2.56 bits per heavy atom. The van der Waals surface area contributed by atoms with Crippen molar-refractivity contribution in [2.75, 3.05) is 19.8 Å². The number of amides is 2. The first kappa shape index (κ1) is 16.4. The minimum atomic E-state index is -0.996. The molecule has 0 radical (unpaired) electrons. The molecule has 0 bridgehead atoms. The fourth-order valence-corrected chi connectivity index (χ4v) is 1.53. The van der Waals surface area contributed by atoms with Crippen LogP contribution in [0, 0.1) is 17.8 Å². The van der Waals surface area contributed by atoms with Gasteiger partial charge in [-0.2, -0.15) is 0 Å². The highest BCUT2D eigenvalue weighted by Crippen LogP contribution is 2.23. The van der Waals surface area contributed by atoms with Crippen LogP contribution >= 0.6 is 0 Å². The molecule has 2 amide bonds. The standard InChI is InChI=1S/C13H21FN2O2/c1-4-7-13(3,10-14)12(18)16-9-6-11(17)15-8-5-2/h2H,4,6-10H2,1,3H3,(H,15,17)(H,16,18). The number of hydrogen-bond donors (Lipinski definition) is 2. The van der Waals surface area contributed by atoms with Gasteiger partial charge in [-0.1, -0.05) is 19.3 Å². The average molecular weight is 256 g/mol. The van der Waals surface area contributed by atoms with Crippen LogP contribution in [0.1, 0.15) is 33.1 Å². The van der Waals surface area contributed by atoms with E-state index in [0.717, 1.165) is 6.42 Å². The molecule has 102 valence electrons. The first-order valence-electron chi connectivity index (χ1n) is 6.04. The second-order valence-corrected chi connectivity index (χ2v) is 4.43. The van der Waals surface area contributed by atoms with E-state index in [0.29, 0.717) is 6.42 Å². The van der Waals surface area contributed by atoms with Crippen molar-refractivity contribution in [1.82, 2.24) is 10.6 Å². The van der Waals surface area contributed by atoms with Gasteiger partial charge in [0.2, 0.25) is 11.8 Å². The zero-order valence-corrected chi connectivity index (χ0v) is 11.0. The summed E-state index contributed by atoms with van der Waals surface area (Å²) in [6.07, 6.45) is 6.34. The number of hydrogen-bond acceptors (Lipinski definition) is 2. The summed E-state index contributed by atoms with van der Waals surface area (Å²) in [5.41, 5.74) is -0.996. The van der Waals surface area contributed by atoms with Gasteiger partial charge >= 0.3 is 0 Å². The van der Waals surface area contributed by atoms with Crippen LogP contribution in [0.4, 0.5) is 4.39 Å². The van der Waals surface area contributed by atoms with Crippen molar-refractivity contribution in [1.29, 1.82) is 0 Å². The molecule has 0 saturated heterocycles. The quantitative estimate of drug-likeness (QED) is 0.637. The van der Waals surface area contributed by atoms with Gasteiger partial charge in [0.1, 0.15) is 6.67 Å². The number of nitrogens with one attached hydrogen (secondary N) is 2. The van der Waals surface area contributed by atoms with Crippen LogP contribution in [0.25, 0.3) is 0 Å². The van der Waals surface area contributed by atoms with Crippen molar-refractivity contribution in [2.45, 2.75) is 33.1 Å². The van der Waals surface area contributed by atoms with E-state index in [4.69, 9.17) is 6.42 Å². The third kappa shape index (κ3) is 5.67. The van der Waals surface area contributed by atoms with E-state index in [1.165, 1.54) is 0 Å². The van der Waals surface area contributed by atoms with Gasteiger partial charge in [0.15, 0.2) is 0 Å². The van der Waals surface area contributed by atoms with Gasteiger partial charge in [-0.25, -0.2) is 4.39 Å². The minimum absolute atomic E-state index is 0.141. The van der Waals surface area contributed by atoms with Crippen LogP contribution in [0.5, 0.6) is 0 Å². The third-order valence-electron chi connectivity index (χ3n) is 2.67. The Hall–Kier alpha value is -1.57. The van der Waals surface area contributed by atoms with E-state index in [1.54, 1.807) is 6.92 Å². The van der Waals surface area contributed by atoms with Crippen LogP contribution in [-0.4, -0.2) is 31.6 Å². The molecular weight excluding hydrogens is 235 g/mol. The lowest BCUT2D eigenvalue weighted by molar-refractivity contribution is -0.131. The van der Waals surface area contributed by atoms with Gasteiger partial charge in [-0.3, -0.25) is 9.59 Å². The number of halogens is 1. The molecule has 0 aromatic rings. The molecule has 0 aromatic carbocycles. The van der Waals surface area contributed by atoms with E-state index >= 15 is 0 Å². The first-order chi connectivity index (χ1) is 8.50. The van der Waals surface area contributed by atoms with Gasteiger partial charge in [-0.05, 0) is 13.3 Å². The molecule has 0 aliphatic heterocycles. The van der Waals surface area contributed by atoms with E-state index in [1.807, 2.05) is 6.92 Å². The Balaban J connectivity index is 4.02. The summed E-state index contributed by atoms with van der Waals surface area (Å²) in [6.45, 7) is 3.15. The van der Waals surface area contributed by atoms with E-state index < -0.39 is 12.1 Å². The van der Waals surface area contributed by atoms with Crippen molar-refractivity contribution in [3.8, 4) is 12.3 Å². The predicted molar refractivity (Wildman–Crippen MR) is 68.5 cm³/mol. The Kier molecular flexibility index (Phi) is 7.77. The summed E-state index contributed by atoms with van der Waals surface area (Å²) in [5.74, 6) is 1.70. The first-order valence-corrected chi connectivity index (χ1v) is 6.04. The Morgan fingerprint density at radius 2 is 2.06 bits per heavy atom. The van der Waals surface area contributed by atoms with Crippen LogP contribution < -0.4 is 10.6 Å². The lowest BCUT2D eigenvalue weighted by atomic mass is 9.86. The number of carbonyl (C=O) groups is 2. The normalized spacial score (nSPS) is 13.2. The Labute approximate surface area is 108 Å². The van der Waals surface area contributed by atoms with Crippen LogP contribution in [-0.2, 0) is 9.59 Å². The number of terminal acetylenes is 1. The van der Waals surface area contributed by atoms with Crippen LogP contribution in [0.15, 0.2) is 0 Å². The molecule has 0 aromatic heterocycles. The molecule has 1 atom stereocenters. The molecule has 0 aliphatic rings. The highest BCUT2D eigenvalue weighted by Gasteiger charge is 2.32. The SMILES string of the molecule is C#CCNC(=O)CCNC(=O)C(C)(CF)CCC. The largest absolute Gasteiger partial charge is 0.355 e. The third-order valence-corrected chi connectivity index (χ3v) is 2.67. The van der Waals surface area contributed by atoms with E-state index in [9.17, 15) is 14.0 Å². The molecule has 0 saturated carbocycles. The monoisotopic (exact) mass is 256 g/mol. The summed E-state index contributed by atoms with van der Waals surface area (Å²) in [6, 6.07) is 0. The van der Waals surface area contributed by atoms with Gasteiger partial charge in [0.25, 0.3) is 0 Å². The molecule has 0 fully saturated rings. The van der Waals surface area contributed by atoms with Crippen molar-refractivity contribution in [2.24, 2.45) is 5.41 Å². The molecule has 18 heavy (non-hydrogen) atoms. The van der Waals surface area contributed by atoms with E-state index in [2.05, 4.69) is 16.6 Å². The van der Waals surface area contributed by atoms with Crippen molar-refractivity contribution < 1.29 is 14.0 Å². The zero-order chi connectivity index (χ0) is 14.0.